The molecule has 21 heavy (non-hydrogen) atoms. The first-order valence-corrected chi connectivity index (χ1v) is 7.76. The Labute approximate surface area is 123 Å². The molecule has 0 aromatic heterocycles. The van der Waals surface area contributed by atoms with Crippen LogP contribution in [0.15, 0.2) is 53.4 Å². The van der Waals surface area contributed by atoms with Gasteiger partial charge in [0.1, 0.15) is 0 Å². The van der Waals surface area contributed by atoms with Gasteiger partial charge < -0.3 is 5.11 Å². The lowest BCUT2D eigenvalue weighted by atomic mass is 10.2. The van der Waals surface area contributed by atoms with E-state index in [4.69, 9.17) is 5.11 Å². The number of benzene rings is 2. The fraction of sp³-hybridized carbons (Fsp3) is 0.133. The van der Waals surface area contributed by atoms with E-state index >= 15 is 0 Å². The van der Waals surface area contributed by atoms with Crippen LogP contribution < -0.4 is 4.72 Å². The summed E-state index contributed by atoms with van der Waals surface area (Å²) in [4.78, 5) is 10.9. The summed E-state index contributed by atoms with van der Waals surface area (Å²) in [6, 6.07) is 12.9. The highest BCUT2D eigenvalue weighted by Crippen LogP contribution is 2.15. The van der Waals surface area contributed by atoms with Crippen LogP contribution in [0.25, 0.3) is 0 Å². The van der Waals surface area contributed by atoms with Crippen molar-refractivity contribution in [2.45, 2.75) is 18.4 Å². The van der Waals surface area contributed by atoms with Gasteiger partial charge in [0.05, 0.1) is 10.5 Å². The van der Waals surface area contributed by atoms with Crippen molar-refractivity contribution < 1.29 is 18.3 Å². The second-order valence-electron chi connectivity index (χ2n) is 4.61. The third-order valence-corrected chi connectivity index (χ3v) is 4.45. The Balaban J connectivity index is 2.23. The smallest absolute Gasteiger partial charge is 0.337 e. The van der Waals surface area contributed by atoms with Gasteiger partial charge in [0.15, 0.2) is 0 Å². The Hall–Kier alpha value is -2.18. The van der Waals surface area contributed by atoms with Gasteiger partial charge in [-0.2, -0.15) is 0 Å². The first-order valence-electron chi connectivity index (χ1n) is 6.28. The summed E-state index contributed by atoms with van der Waals surface area (Å²) >= 11 is 0. The number of carbonyl (C=O) groups is 1. The first-order chi connectivity index (χ1) is 9.90. The standard InChI is InChI=1S/C15H15NO4S/c1-11-6-8-12(9-7-11)10-16-21(19,20)14-5-3-2-4-13(14)15(17)18/h2-9,16H,10H2,1H3,(H,17,18). The first kappa shape index (κ1) is 15.2. The van der Waals surface area contributed by atoms with Crippen molar-refractivity contribution in [3.8, 4) is 0 Å². The summed E-state index contributed by atoms with van der Waals surface area (Å²) in [6.45, 7) is 2.05. The summed E-state index contributed by atoms with van der Waals surface area (Å²) in [5.74, 6) is -1.27. The largest absolute Gasteiger partial charge is 0.478 e. The summed E-state index contributed by atoms with van der Waals surface area (Å²) in [5.41, 5.74) is 1.64. The summed E-state index contributed by atoms with van der Waals surface area (Å²) in [7, 11) is -3.88. The topological polar surface area (TPSA) is 83.5 Å². The van der Waals surface area contributed by atoms with Crippen LogP contribution in [0.1, 0.15) is 21.5 Å². The van der Waals surface area contributed by atoms with Crippen LogP contribution in [-0.2, 0) is 16.6 Å². The predicted octanol–water partition coefficient (Wildman–Crippen LogP) is 2.17. The van der Waals surface area contributed by atoms with Crippen LogP contribution in [0.5, 0.6) is 0 Å². The molecule has 2 rings (SSSR count). The van der Waals surface area contributed by atoms with E-state index in [0.29, 0.717) is 0 Å². The van der Waals surface area contributed by atoms with Crippen LogP contribution in [0.2, 0.25) is 0 Å². The lowest BCUT2D eigenvalue weighted by molar-refractivity contribution is 0.0692. The van der Waals surface area contributed by atoms with E-state index in [0.717, 1.165) is 11.1 Å². The maximum atomic E-state index is 12.2. The highest BCUT2D eigenvalue weighted by molar-refractivity contribution is 7.89. The Morgan fingerprint density at radius 1 is 1.10 bits per heavy atom. The minimum absolute atomic E-state index is 0.108. The summed E-state index contributed by atoms with van der Waals surface area (Å²) < 4.78 is 26.9. The quantitative estimate of drug-likeness (QED) is 0.887. The lowest BCUT2D eigenvalue weighted by Crippen LogP contribution is -2.25. The zero-order chi connectivity index (χ0) is 15.5. The number of aryl methyl sites for hydroxylation is 1. The zero-order valence-corrected chi connectivity index (χ0v) is 12.2. The number of rotatable bonds is 5. The Kier molecular flexibility index (Phi) is 4.40. The van der Waals surface area contributed by atoms with Crippen molar-refractivity contribution in [1.29, 1.82) is 0 Å². The maximum absolute atomic E-state index is 12.2. The van der Waals surface area contributed by atoms with Crippen LogP contribution >= 0.6 is 0 Å². The predicted molar refractivity (Wildman–Crippen MR) is 78.6 cm³/mol. The van der Waals surface area contributed by atoms with Crippen molar-refractivity contribution in [2.24, 2.45) is 0 Å². The molecular weight excluding hydrogens is 290 g/mol. The van der Waals surface area contributed by atoms with Gasteiger partial charge in [0.25, 0.3) is 0 Å². The highest BCUT2D eigenvalue weighted by Gasteiger charge is 2.21. The van der Waals surface area contributed by atoms with Gasteiger partial charge in [-0.1, -0.05) is 42.0 Å². The second-order valence-corrected chi connectivity index (χ2v) is 6.35. The zero-order valence-electron chi connectivity index (χ0n) is 11.4. The minimum atomic E-state index is -3.88. The molecule has 2 aromatic rings. The second kappa shape index (κ2) is 6.07. The maximum Gasteiger partial charge on any atom is 0.337 e. The van der Waals surface area contributed by atoms with Crippen LogP contribution in [0.3, 0.4) is 0 Å². The third-order valence-electron chi connectivity index (χ3n) is 2.99. The van der Waals surface area contributed by atoms with Gasteiger partial charge in [-0.05, 0) is 24.6 Å². The lowest BCUT2D eigenvalue weighted by Gasteiger charge is -2.09. The van der Waals surface area contributed by atoms with E-state index in [2.05, 4.69) is 4.72 Å². The number of carboxylic acid groups (broad SMARTS) is 1. The van der Waals surface area contributed by atoms with Crippen molar-refractivity contribution in [2.75, 3.05) is 0 Å². The molecule has 0 spiro atoms. The fourth-order valence-electron chi connectivity index (χ4n) is 1.84. The van der Waals surface area contributed by atoms with E-state index in [1.165, 1.54) is 24.3 Å². The number of hydrogen-bond acceptors (Lipinski definition) is 3. The number of carboxylic acids is 1. The summed E-state index contributed by atoms with van der Waals surface area (Å²) in [6.07, 6.45) is 0. The number of aromatic carboxylic acids is 1. The van der Waals surface area contributed by atoms with E-state index in [-0.39, 0.29) is 17.0 Å². The number of nitrogens with one attached hydrogen (secondary N) is 1. The number of sulfonamides is 1. The molecule has 0 aliphatic rings. The monoisotopic (exact) mass is 305 g/mol. The van der Waals surface area contributed by atoms with E-state index in [1.807, 2.05) is 31.2 Å². The van der Waals surface area contributed by atoms with Crippen LogP contribution in [0.4, 0.5) is 0 Å². The van der Waals surface area contributed by atoms with Crippen LogP contribution in [0, 0.1) is 6.92 Å². The molecule has 6 heteroatoms. The average Bonchev–Trinajstić information content (AvgIpc) is 2.47. The molecule has 0 atom stereocenters. The van der Waals surface area contributed by atoms with Gasteiger partial charge in [0, 0.05) is 6.54 Å². The molecular formula is C15H15NO4S. The Morgan fingerprint density at radius 2 is 1.71 bits per heavy atom. The molecule has 110 valence electrons. The van der Waals surface area contributed by atoms with E-state index < -0.39 is 16.0 Å². The molecule has 0 amide bonds. The highest BCUT2D eigenvalue weighted by atomic mass is 32.2. The minimum Gasteiger partial charge on any atom is -0.478 e. The molecule has 0 aliphatic heterocycles. The molecule has 0 aliphatic carbocycles. The van der Waals surface area contributed by atoms with Gasteiger partial charge >= 0.3 is 5.97 Å². The molecule has 0 bridgehead atoms. The molecule has 5 nitrogen and oxygen atoms in total. The van der Waals surface area contributed by atoms with Crippen LogP contribution in [-0.4, -0.2) is 19.5 Å². The van der Waals surface area contributed by atoms with E-state index in [1.54, 1.807) is 0 Å². The fourth-order valence-corrected chi connectivity index (χ4v) is 3.05. The van der Waals surface area contributed by atoms with Crippen molar-refractivity contribution in [3.63, 3.8) is 0 Å². The van der Waals surface area contributed by atoms with Gasteiger partial charge in [0.2, 0.25) is 10.0 Å². The SMILES string of the molecule is Cc1ccc(CNS(=O)(=O)c2ccccc2C(=O)O)cc1. The van der Waals surface area contributed by atoms with E-state index in [9.17, 15) is 13.2 Å². The van der Waals surface area contributed by atoms with Gasteiger partial charge in [-0.25, -0.2) is 17.9 Å². The van der Waals surface area contributed by atoms with Gasteiger partial charge in [-0.15, -0.1) is 0 Å². The average molecular weight is 305 g/mol. The third kappa shape index (κ3) is 3.68. The molecule has 0 saturated carbocycles. The molecule has 2 N–H and O–H groups in total. The van der Waals surface area contributed by atoms with Crippen molar-refractivity contribution in [1.82, 2.24) is 4.72 Å². The van der Waals surface area contributed by atoms with Crippen molar-refractivity contribution in [3.05, 3.63) is 65.2 Å². The molecule has 0 saturated heterocycles. The molecule has 0 radical (unpaired) electrons. The molecule has 0 heterocycles. The van der Waals surface area contributed by atoms with Gasteiger partial charge in [-0.3, -0.25) is 0 Å². The van der Waals surface area contributed by atoms with Crippen molar-refractivity contribution >= 4 is 16.0 Å². The number of hydrogen-bond donors (Lipinski definition) is 2. The normalized spacial score (nSPS) is 11.3. The molecule has 0 unspecified atom stereocenters. The molecule has 0 fully saturated rings. The Bertz CT molecular complexity index is 751. The summed E-state index contributed by atoms with van der Waals surface area (Å²) in [5, 5.41) is 9.05. The molecule has 2 aromatic carbocycles. The Morgan fingerprint density at radius 3 is 2.33 bits per heavy atom.